The third kappa shape index (κ3) is 7.18. The summed E-state index contributed by atoms with van der Waals surface area (Å²) in [5.74, 6) is 1.16. The Morgan fingerprint density at radius 2 is 1.59 bits per heavy atom. The smallest absolute Gasteiger partial charge is 0.312 e. The van der Waals surface area contributed by atoms with E-state index < -0.39 is 11.0 Å². The number of benzene rings is 2. The van der Waals surface area contributed by atoms with E-state index in [0.29, 0.717) is 16.7 Å². The summed E-state index contributed by atoms with van der Waals surface area (Å²) >= 11 is 7.88. The van der Waals surface area contributed by atoms with Crippen LogP contribution in [-0.4, -0.2) is 18.7 Å². The molecule has 0 aliphatic heterocycles. The van der Waals surface area contributed by atoms with Gasteiger partial charge in [0.05, 0.1) is 17.5 Å². The highest BCUT2D eigenvalue weighted by molar-refractivity contribution is 7.99. The summed E-state index contributed by atoms with van der Waals surface area (Å²) < 4.78 is 11.3. The second-order valence-electron chi connectivity index (χ2n) is 10.8. The quantitative estimate of drug-likeness (QED) is 0.302. The Morgan fingerprint density at radius 3 is 2.12 bits per heavy atom. The lowest BCUT2D eigenvalue weighted by Gasteiger charge is -2.34. The maximum absolute atomic E-state index is 12.8. The topological polar surface area (TPSA) is 35.5 Å². The molecule has 0 saturated heterocycles. The zero-order valence-corrected chi connectivity index (χ0v) is 24.0. The molecule has 0 N–H and O–H groups in total. The first-order chi connectivity index (χ1) is 15.7. The Balaban J connectivity index is 2.10. The van der Waals surface area contributed by atoms with Gasteiger partial charge in [-0.3, -0.25) is 4.79 Å². The molecule has 1 atom stereocenters. The van der Waals surface area contributed by atoms with Gasteiger partial charge in [0.1, 0.15) is 11.4 Å². The van der Waals surface area contributed by atoms with E-state index in [-0.39, 0.29) is 11.9 Å². The maximum Gasteiger partial charge on any atom is 0.312 e. The van der Waals surface area contributed by atoms with Crippen LogP contribution in [0.1, 0.15) is 83.9 Å². The molecule has 0 aromatic heterocycles. The number of rotatable bonds is 10. The van der Waals surface area contributed by atoms with Gasteiger partial charge in [0.25, 0.3) is 0 Å². The van der Waals surface area contributed by atoms with Gasteiger partial charge in [-0.15, -0.1) is 0 Å². The molecule has 0 saturated carbocycles. The number of halogens is 1. The minimum absolute atomic E-state index is 0.118. The van der Waals surface area contributed by atoms with E-state index in [1.807, 2.05) is 45.9 Å². The van der Waals surface area contributed by atoms with Gasteiger partial charge in [0.2, 0.25) is 0 Å². The van der Waals surface area contributed by atoms with E-state index in [4.69, 9.17) is 21.1 Å². The van der Waals surface area contributed by atoms with Gasteiger partial charge in [-0.05, 0) is 113 Å². The number of aryl methyl sites for hydroxylation is 2. The molecule has 1 unspecified atom stereocenters. The Labute approximate surface area is 216 Å². The van der Waals surface area contributed by atoms with Gasteiger partial charge < -0.3 is 9.47 Å². The predicted molar refractivity (Wildman–Crippen MR) is 144 cm³/mol. The van der Waals surface area contributed by atoms with Crippen LogP contribution in [0, 0.1) is 25.2 Å². The van der Waals surface area contributed by atoms with Gasteiger partial charge in [0.15, 0.2) is 0 Å². The van der Waals surface area contributed by atoms with Crippen molar-refractivity contribution in [3.05, 3.63) is 52.0 Å². The van der Waals surface area contributed by atoms with Crippen LogP contribution in [0.2, 0.25) is 5.02 Å². The molecule has 0 bridgehead atoms. The van der Waals surface area contributed by atoms with Crippen molar-refractivity contribution in [3.8, 4) is 5.75 Å². The molecule has 5 heteroatoms. The fourth-order valence-electron chi connectivity index (χ4n) is 3.99. The van der Waals surface area contributed by atoms with Crippen molar-refractivity contribution in [1.82, 2.24) is 0 Å². The largest absolute Gasteiger partial charge is 0.495 e. The third-order valence-electron chi connectivity index (χ3n) is 6.94. The average Bonchev–Trinajstić information content (AvgIpc) is 2.72. The summed E-state index contributed by atoms with van der Waals surface area (Å²) in [6, 6.07) is 10.4. The molecule has 0 fully saturated rings. The number of hydrogen-bond donors (Lipinski definition) is 0. The van der Waals surface area contributed by atoms with E-state index in [1.165, 1.54) is 21.6 Å². The lowest BCUT2D eigenvalue weighted by Crippen LogP contribution is -2.38. The standard InChI is InChI=1S/C29H41ClO3S/c1-18(2)29(8,9)27(31)33-28(6,7)14-13-19(3)26-20(4)15-23(16-21(26)5)34-22-11-12-24(30)25(17-22)32-10/h11-12,15-19H,13-14H2,1-10H3. The normalized spacial score (nSPS) is 13.2. The summed E-state index contributed by atoms with van der Waals surface area (Å²) in [5.41, 5.74) is 2.96. The summed E-state index contributed by atoms with van der Waals surface area (Å²) in [5, 5.41) is 0.616. The van der Waals surface area contributed by atoms with Crippen LogP contribution in [0.15, 0.2) is 40.1 Å². The van der Waals surface area contributed by atoms with Crippen LogP contribution in [0.5, 0.6) is 5.75 Å². The molecule has 188 valence electrons. The van der Waals surface area contributed by atoms with Crippen molar-refractivity contribution in [2.45, 2.75) is 96.5 Å². The fraction of sp³-hybridized carbons (Fsp3) is 0.552. The highest BCUT2D eigenvalue weighted by atomic mass is 35.5. The Kier molecular flexibility index (Phi) is 9.58. The second kappa shape index (κ2) is 11.4. The predicted octanol–water partition coefficient (Wildman–Crippen LogP) is 9.00. The first kappa shape index (κ1) is 28.6. The SMILES string of the molecule is COc1cc(Sc2cc(C)c(C(C)CCC(C)(C)OC(=O)C(C)(C)C(C)C)c(C)c2)ccc1Cl. The number of carbonyl (C=O) groups excluding carboxylic acids is 1. The number of carbonyl (C=O) groups is 1. The fourth-order valence-corrected chi connectivity index (χ4v) is 5.23. The lowest BCUT2D eigenvalue weighted by molar-refractivity contribution is -0.170. The van der Waals surface area contributed by atoms with E-state index in [9.17, 15) is 4.79 Å². The summed E-state index contributed by atoms with van der Waals surface area (Å²) in [7, 11) is 1.63. The van der Waals surface area contributed by atoms with Gasteiger partial charge in [0, 0.05) is 9.79 Å². The number of hydrogen-bond acceptors (Lipinski definition) is 4. The molecular weight excluding hydrogens is 464 g/mol. The monoisotopic (exact) mass is 504 g/mol. The molecular formula is C29H41ClO3S. The molecule has 0 amide bonds. The molecule has 2 rings (SSSR count). The van der Waals surface area contributed by atoms with E-state index in [1.54, 1.807) is 18.9 Å². The van der Waals surface area contributed by atoms with Crippen LogP contribution < -0.4 is 4.74 Å². The first-order valence-electron chi connectivity index (χ1n) is 12.0. The first-order valence-corrected chi connectivity index (χ1v) is 13.2. The molecule has 0 spiro atoms. The van der Waals surface area contributed by atoms with E-state index >= 15 is 0 Å². The van der Waals surface area contributed by atoms with Crippen molar-refractivity contribution in [3.63, 3.8) is 0 Å². The van der Waals surface area contributed by atoms with Crippen LogP contribution in [0.3, 0.4) is 0 Å². The number of methoxy groups -OCH3 is 1. The molecule has 0 aliphatic carbocycles. The van der Waals surface area contributed by atoms with Crippen molar-refractivity contribution >= 4 is 29.3 Å². The van der Waals surface area contributed by atoms with Gasteiger partial charge in [-0.1, -0.05) is 44.1 Å². The third-order valence-corrected chi connectivity index (χ3v) is 8.21. The van der Waals surface area contributed by atoms with Gasteiger partial charge in [-0.2, -0.15) is 0 Å². The summed E-state index contributed by atoms with van der Waals surface area (Å²) in [4.78, 5) is 15.0. The van der Waals surface area contributed by atoms with Crippen LogP contribution in [-0.2, 0) is 9.53 Å². The van der Waals surface area contributed by atoms with Crippen LogP contribution >= 0.6 is 23.4 Å². The Bertz CT molecular complexity index is 987. The number of esters is 1. The molecule has 0 radical (unpaired) electrons. The zero-order chi connectivity index (χ0) is 25.8. The summed E-state index contributed by atoms with van der Waals surface area (Å²) in [6.45, 7) is 18.7. The van der Waals surface area contributed by atoms with Crippen molar-refractivity contribution < 1.29 is 14.3 Å². The molecule has 2 aromatic rings. The second-order valence-corrected chi connectivity index (χ2v) is 12.4. The lowest BCUT2D eigenvalue weighted by atomic mass is 9.81. The van der Waals surface area contributed by atoms with Crippen LogP contribution in [0.25, 0.3) is 0 Å². The minimum Gasteiger partial charge on any atom is -0.495 e. The molecule has 0 aliphatic rings. The van der Waals surface area contributed by atoms with Crippen molar-refractivity contribution in [2.24, 2.45) is 11.3 Å². The molecule has 2 aromatic carbocycles. The summed E-state index contributed by atoms with van der Waals surface area (Å²) in [6.07, 6.45) is 1.76. The molecule has 0 heterocycles. The Morgan fingerprint density at radius 1 is 1.00 bits per heavy atom. The van der Waals surface area contributed by atoms with Gasteiger partial charge in [-0.25, -0.2) is 0 Å². The van der Waals surface area contributed by atoms with Crippen molar-refractivity contribution in [1.29, 1.82) is 0 Å². The van der Waals surface area contributed by atoms with Crippen LogP contribution in [0.4, 0.5) is 0 Å². The highest BCUT2D eigenvalue weighted by Crippen LogP contribution is 2.38. The van der Waals surface area contributed by atoms with E-state index in [2.05, 4.69) is 46.8 Å². The molecule has 3 nitrogen and oxygen atoms in total. The zero-order valence-electron chi connectivity index (χ0n) is 22.5. The molecule has 34 heavy (non-hydrogen) atoms. The maximum atomic E-state index is 12.8. The average molecular weight is 505 g/mol. The Hall–Kier alpha value is -1.65. The highest BCUT2D eigenvalue weighted by Gasteiger charge is 2.36. The number of ether oxygens (including phenoxy) is 2. The van der Waals surface area contributed by atoms with Gasteiger partial charge >= 0.3 is 5.97 Å². The van der Waals surface area contributed by atoms with Crippen molar-refractivity contribution in [2.75, 3.05) is 7.11 Å². The van der Waals surface area contributed by atoms with E-state index in [0.717, 1.165) is 17.7 Å². The minimum atomic E-state index is -0.497.